The van der Waals surface area contributed by atoms with Crippen molar-refractivity contribution in [2.75, 3.05) is 5.32 Å². The minimum Gasteiger partial charge on any atom is -0.326 e. The van der Waals surface area contributed by atoms with E-state index < -0.39 is 0 Å². The first-order valence-corrected chi connectivity index (χ1v) is 6.15. The van der Waals surface area contributed by atoms with Gasteiger partial charge in [-0.15, -0.1) is 0 Å². The van der Waals surface area contributed by atoms with Gasteiger partial charge in [0, 0.05) is 29.7 Å². The Morgan fingerprint density at radius 3 is 2.65 bits per heavy atom. The third-order valence-electron chi connectivity index (χ3n) is 2.74. The summed E-state index contributed by atoms with van der Waals surface area (Å²) in [6.07, 6.45) is 3.36. The fourth-order valence-electron chi connectivity index (χ4n) is 1.84. The van der Waals surface area contributed by atoms with Crippen molar-refractivity contribution in [3.05, 3.63) is 71.3 Å². The van der Waals surface area contributed by atoms with Crippen LogP contribution < -0.4 is 10.9 Å². The molecule has 5 nitrogen and oxygen atoms in total. The van der Waals surface area contributed by atoms with Crippen molar-refractivity contribution in [1.82, 2.24) is 15.0 Å². The van der Waals surface area contributed by atoms with E-state index in [0.29, 0.717) is 11.6 Å². The van der Waals surface area contributed by atoms with Crippen LogP contribution >= 0.6 is 0 Å². The lowest BCUT2D eigenvalue weighted by Crippen LogP contribution is -2.10. The zero-order chi connectivity index (χ0) is 13.8. The molecule has 2 heterocycles. The maximum atomic E-state index is 11.7. The van der Waals surface area contributed by atoms with Gasteiger partial charge in [-0.25, -0.2) is 4.98 Å². The molecule has 1 aromatic carbocycles. The molecule has 0 bridgehead atoms. The summed E-state index contributed by atoms with van der Waals surface area (Å²) in [7, 11) is 0. The molecule has 0 unspecified atom stereocenters. The molecule has 2 N–H and O–H groups in total. The quantitative estimate of drug-likeness (QED) is 0.762. The maximum absolute atomic E-state index is 11.7. The lowest BCUT2D eigenvalue weighted by Gasteiger charge is -2.06. The standard InChI is InChI=1S/C15H12N4O/c20-14-9-13(11-5-4-8-16-10-11)18-15(19-14)17-12-6-2-1-3-7-12/h1-10H,(H2,17,18,19,20). The molecule has 0 saturated heterocycles. The molecule has 0 radical (unpaired) electrons. The van der Waals surface area contributed by atoms with Crippen molar-refractivity contribution >= 4 is 11.6 Å². The zero-order valence-electron chi connectivity index (χ0n) is 10.6. The molecule has 0 amide bonds. The number of hydrogen-bond acceptors (Lipinski definition) is 4. The molecule has 0 saturated carbocycles. The van der Waals surface area contributed by atoms with Crippen molar-refractivity contribution in [3.63, 3.8) is 0 Å². The number of para-hydroxylation sites is 1. The lowest BCUT2D eigenvalue weighted by molar-refractivity contribution is 1.12. The summed E-state index contributed by atoms with van der Waals surface area (Å²) < 4.78 is 0. The van der Waals surface area contributed by atoms with Gasteiger partial charge >= 0.3 is 0 Å². The van der Waals surface area contributed by atoms with Crippen LogP contribution in [0.1, 0.15) is 0 Å². The van der Waals surface area contributed by atoms with Gasteiger partial charge in [-0.2, -0.15) is 0 Å². The molecule has 3 rings (SSSR count). The second-order valence-electron chi connectivity index (χ2n) is 4.21. The molecule has 5 heteroatoms. The monoisotopic (exact) mass is 264 g/mol. The first-order chi connectivity index (χ1) is 9.81. The van der Waals surface area contributed by atoms with Crippen LogP contribution in [0.3, 0.4) is 0 Å². The Morgan fingerprint density at radius 2 is 1.90 bits per heavy atom. The zero-order valence-corrected chi connectivity index (χ0v) is 10.6. The van der Waals surface area contributed by atoms with Gasteiger partial charge in [-0.1, -0.05) is 18.2 Å². The fourth-order valence-corrected chi connectivity index (χ4v) is 1.84. The lowest BCUT2D eigenvalue weighted by atomic mass is 10.2. The molecule has 2 aromatic heterocycles. The van der Waals surface area contributed by atoms with Crippen molar-refractivity contribution in [1.29, 1.82) is 0 Å². The van der Waals surface area contributed by atoms with E-state index in [1.165, 1.54) is 6.07 Å². The number of nitrogens with zero attached hydrogens (tertiary/aromatic N) is 2. The number of aromatic nitrogens is 3. The normalized spacial score (nSPS) is 10.2. The van der Waals surface area contributed by atoms with Crippen LogP contribution in [0.4, 0.5) is 11.6 Å². The van der Waals surface area contributed by atoms with Gasteiger partial charge in [-0.05, 0) is 24.3 Å². The van der Waals surface area contributed by atoms with Crippen LogP contribution in [0.25, 0.3) is 11.3 Å². The Morgan fingerprint density at radius 1 is 1.05 bits per heavy atom. The third kappa shape index (κ3) is 2.72. The number of nitrogens with one attached hydrogen (secondary N) is 2. The Balaban J connectivity index is 1.97. The maximum Gasteiger partial charge on any atom is 0.252 e. The summed E-state index contributed by atoms with van der Waals surface area (Å²) in [5, 5.41) is 3.07. The van der Waals surface area contributed by atoms with Crippen LogP contribution in [-0.2, 0) is 0 Å². The smallest absolute Gasteiger partial charge is 0.252 e. The van der Waals surface area contributed by atoms with Crippen LogP contribution in [0.2, 0.25) is 0 Å². The topological polar surface area (TPSA) is 70.7 Å². The average molecular weight is 264 g/mol. The Bertz CT molecular complexity index is 754. The molecular weight excluding hydrogens is 252 g/mol. The Kier molecular flexibility index (Phi) is 3.24. The number of hydrogen-bond donors (Lipinski definition) is 2. The summed E-state index contributed by atoms with van der Waals surface area (Å²) in [6, 6.07) is 14.7. The molecule has 0 fully saturated rings. The molecule has 0 aliphatic rings. The molecule has 0 spiro atoms. The van der Waals surface area contributed by atoms with Crippen molar-refractivity contribution in [3.8, 4) is 11.3 Å². The second-order valence-corrected chi connectivity index (χ2v) is 4.21. The SMILES string of the molecule is O=c1cc(-c2cccnc2)nc(Nc2ccccc2)[nH]1. The first kappa shape index (κ1) is 12.1. The molecule has 20 heavy (non-hydrogen) atoms. The summed E-state index contributed by atoms with van der Waals surface area (Å²) in [4.78, 5) is 22.8. The molecule has 0 aliphatic carbocycles. The minimum atomic E-state index is -0.211. The number of aromatic amines is 1. The van der Waals surface area contributed by atoms with Gasteiger partial charge in [0.15, 0.2) is 0 Å². The van der Waals surface area contributed by atoms with Crippen LogP contribution in [0.5, 0.6) is 0 Å². The van der Waals surface area contributed by atoms with E-state index in [-0.39, 0.29) is 5.56 Å². The predicted molar refractivity (Wildman–Crippen MR) is 77.8 cm³/mol. The second kappa shape index (κ2) is 5.36. The van der Waals surface area contributed by atoms with E-state index in [1.54, 1.807) is 12.4 Å². The highest BCUT2D eigenvalue weighted by atomic mass is 16.1. The van der Waals surface area contributed by atoms with Crippen LogP contribution in [0, 0.1) is 0 Å². The summed E-state index contributed by atoms with van der Waals surface area (Å²) in [5.74, 6) is 0.405. The predicted octanol–water partition coefficient (Wildman–Crippen LogP) is 2.58. The first-order valence-electron chi connectivity index (χ1n) is 6.15. The Hall–Kier alpha value is -2.95. The van der Waals surface area contributed by atoms with Crippen molar-refractivity contribution in [2.24, 2.45) is 0 Å². The Labute approximate surface area is 115 Å². The van der Waals surface area contributed by atoms with Crippen molar-refractivity contribution in [2.45, 2.75) is 0 Å². The highest BCUT2D eigenvalue weighted by Gasteiger charge is 2.04. The van der Waals surface area contributed by atoms with Gasteiger partial charge in [0.05, 0.1) is 5.69 Å². The molecule has 3 aromatic rings. The fraction of sp³-hybridized carbons (Fsp3) is 0. The third-order valence-corrected chi connectivity index (χ3v) is 2.74. The molecule has 0 aliphatic heterocycles. The largest absolute Gasteiger partial charge is 0.326 e. The summed E-state index contributed by atoms with van der Waals surface area (Å²) in [5.41, 5.74) is 2.03. The van der Waals surface area contributed by atoms with E-state index in [1.807, 2.05) is 42.5 Å². The van der Waals surface area contributed by atoms with E-state index in [0.717, 1.165) is 11.3 Å². The number of benzene rings is 1. The molecule has 0 atom stereocenters. The van der Waals surface area contributed by atoms with E-state index in [4.69, 9.17) is 0 Å². The highest BCUT2D eigenvalue weighted by Crippen LogP contribution is 2.16. The van der Waals surface area contributed by atoms with Crippen molar-refractivity contribution < 1.29 is 0 Å². The number of pyridine rings is 1. The number of anilines is 2. The van der Waals surface area contributed by atoms with Gasteiger partial charge in [0.1, 0.15) is 0 Å². The van der Waals surface area contributed by atoms with Gasteiger partial charge in [0.25, 0.3) is 5.56 Å². The summed E-state index contributed by atoms with van der Waals surface area (Å²) >= 11 is 0. The number of H-pyrrole nitrogens is 1. The van der Waals surface area contributed by atoms with E-state index in [2.05, 4.69) is 20.3 Å². The van der Waals surface area contributed by atoms with Crippen LogP contribution in [-0.4, -0.2) is 15.0 Å². The number of rotatable bonds is 3. The van der Waals surface area contributed by atoms with E-state index in [9.17, 15) is 4.79 Å². The molecular formula is C15H12N4O. The van der Waals surface area contributed by atoms with Crippen LogP contribution in [0.15, 0.2) is 65.7 Å². The minimum absolute atomic E-state index is 0.211. The van der Waals surface area contributed by atoms with Gasteiger partial charge in [0.2, 0.25) is 5.95 Å². The van der Waals surface area contributed by atoms with Gasteiger partial charge in [-0.3, -0.25) is 14.8 Å². The summed E-state index contributed by atoms with van der Waals surface area (Å²) in [6.45, 7) is 0. The molecule has 98 valence electrons. The highest BCUT2D eigenvalue weighted by molar-refractivity contribution is 5.60. The van der Waals surface area contributed by atoms with Gasteiger partial charge < -0.3 is 5.32 Å². The average Bonchev–Trinajstić information content (AvgIpc) is 2.49. The van der Waals surface area contributed by atoms with E-state index >= 15 is 0 Å².